The summed E-state index contributed by atoms with van der Waals surface area (Å²) in [4.78, 5) is 38.7. The minimum absolute atomic E-state index is 0.0703. The van der Waals surface area contributed by atoms with Crippen LogP contribution in [-0.4, -0.2) is 29.8 Å². The number of benzene rings is 3. The zero-order valence-corrected chi connectivity index (χ0v) is 16.7. The maximum Gasteiger partial charge on any atom is 0.338 e. The molecule has 3 rings (SSSR count). The maximum absolute atomic E-state index is 13.3. The SMILES string of the molecule is COC(=O)c1ccccc1CN(C(C)=O)C(=O)c1ccccc1Oc1ccccc1. The van der Waals surface area contributed by atoms with Crippen LogP contribution in [0.2, 0.25) is 0 Å². The minimum atomic E-state index is -0.533. The van der Waals surface area contributed by atoms with Crippen LogP contribution >= 0.6 is 0 Å². The summed E-state index contributed by atoms with van der Waals surface area (Å²) >= 11 is 0. The second kappa shape index (κ2) is 9.52. The summed E-state index contributed by atoms with van der Waals surface area (Å²) in [7, 11) is 1.28. The zero-order valence-electron chi connectivity index (χ0n) is 16.7. The van der Waals surface area contributed by atoms with Crippen molar-refractivity contribution < 1.29 is 23.9 Å². The average Bonchev–Trinajstić information content (AvgIpc) is 2.77. The van der Waals surface area contributed by atoms with Gasteiger partial charge in [0.1, 0.15) is 11.5 Å². The van der Waals surface area contributed by atoms with Crippen LogP contribution in [0.25, 0.3) is 0 Å². The van der Waals surface area contributed by atoms with E-state index in [0.717, 1.165) is 4.90 Å². The fourth-order valence-electron chi connectivity index (χ4n) is 2.96. The van der Waals surface area contributed by atoms with Gasteiger partial charge < -0.3 is 9.47 Å². The number of amides is 2. The molecule has 2 amide bonds. The van der Waals surface area contributed by atoms with Gasteiger partial charge in [-0.2, -0.15) is 0 Å². The van der Waals surface area contributed by atoms with E-state index in [-0.39, 0.29) is 12.1 Å². The van der Waals surface area contributed by atoms with Crippen LogP contribution in [-0.2, 0) is 16.1 Å². The van der Waals surface area contributed by atoms with E-state index in [9.17, 15) is 14.4 Å². The van der Waals surface area contributed by atoms with Crippen molar-refractivity contribution in [3.05, 3.63) is 95.6 Å². The Morgan fingerprint density at radius 2 is 1.40 bits per heavy atom. The van der Waals surface area contributed by atoms with Gasteiger partial charge in [-0.05, 0) is 35.9 Å². The molecule has 0 atom stereocenters. The first-order valence-corrected chi connectivity index (χ1v) is 9.32. The minimum Gasteiger partial charge on any atom is -0.465 e. The van der Waals surface area contributed by atoms with E-state index >= 15 is 0 Å². The fraction of sp³-hybridized carbons (Fsp3) is 0.125. The average molecular weight is 403 g/mol. The second-order valence-corrected chi connectivity index (χ2v) is 6.47. The lowest BCUT2D eigenvalue weighted by Crippen LogP contribution is -2.35. The van der Waals surface area contributed by atoms with E-state index < -0.39 is 17.8 Å². The largest absolute Gasteiger partial charge is 0.465 e. The van der Waals surface area contributed by atoms with Crippen LogP contribution in [0, 0.1) is 0 Å². The van der Waals surface area contributed by atoms with E-state index in [0.29, 0.717) is 22.6 Å². The molecule has 0 aliphatic carbocycles. The molecule has 0 saturated heterocycles. The summed E-state index contributed by atoms with van der Waals surface area (Å²) in [6.07, 6.45) is 0. The van der Waals surface area contributed by atoms with Crippen LogP contribution in [0.15, 0.2) is 78.9 Å². The molecular formula is C24H21NO5. The number of imide groups is 1. The Kier molecular flexibility index (Phi) is 6.60. The molecule has 6 heteroatoms. The van der Waals surface area contributed by atoms with Gasteiger partial charge in [0, 0.05) is 6.92 Å². The van der Waals surface area contributed by atoms with Crippen molar-refractivity contribution in [1.82, 2.24) is 4.90 Å². The van der Waals surface area contributed by atoms with Crippen molar-refractivity contribution in [3.63, 3.8) is 0 Å². The van der Waals surface area contributed by atoms with Gasteiger partial charge in [0.25, 0.3) is 5.91 Å². The molecule has 3 aromatic rings. The molecule has 0 spiro atoms. The second-order valence-electron chi connectivity index (χ2n) is 6.47. The maximum atomic E-state index is 13.3. The Labute approximate surface area is 174 Å². The fourth-order valence-corrected chi connectivity index (χ4v) is 2.96. The lowest BCUT2D eigenvalue weighted by molar-refractivity contribution is -0.126. The number of ether oxygens (including phenoxy) is 2. The molecule has 0 aromatic heterocycles. The number of hydrogen-bond donors (Lipinski definition) is 0. The van der Waals surface area contributed by atoms with Crippen LogP contribution in [0.5, 0.6) is 11.5 Å². The summed E-state index contributed by atoms with van der Waals surface area (Å²) < 4.78 is 10.7. The first kappa shape index (κ1) is 20.8. The van der Waals surface area contributed by atoms with Crippen molar-refractivity contribution >= 4 is 17.8 Å². The molecule has 30 heavy (non-hydrogen) atoms. The van der Waals surface area contributed by atoms with Crippen LogP contribution in [0.4, 0.5) is 0 Å². The molecule has 0 radical (unpaired) electrons. The van der Waals surface area contributed by atoms with Gasteiger partial charge in [-0.15, -0.1) is 0 Å². The van der Waals surface area contributed by atoms with E-state index in [1.54, 1.807) is 60.7 Å². The van der Waals surface area contributed by atoms with Gasteiger partial charge in [0.2, 0.25) is 5.91 Å². The predicted octanol–water partition coefficient (Wildman–Crippen LogP) is 4.45. The Hall–Kier alpha value is -3.93. The molecule has 0 N–H and O–H groups in total. The van der Waals surface area contributed by atoms with E-state index in [4.69, 9.17) is 9.47 Å². The quantitative estimate of drug-likeness (QED) is 0.569. The van der Waals surface area contributed by atoms with Gasteiger partial charge in [-0.25, -0.2) is 4.79 Å². The Bertz CT molecular complexity index is 1060. The number of methoxy groups -OCH3 is 1. The highest BCUT2D eigenvalue weighted by Gasteiger charge is 2.25. The summed E-state index contributed by atoms with van der Waals surface area (Å²) in [5.74, 6) is -0.596. The number of carbonyl (C=O) groups is 3. The third-order valence-electron chi connectivity index (χ3n) is 4.46. The molecule has 152 valence electrons. The van der Waals surface area contributed by atoms with Gasteiger partial charge in [-0.1, -0.05) is 48.5 Å². The van der Waals surface area contributed by atoms with E-state index in [1.807, 2.05) is 18.2 Å². The first-order chi connectivity index (χ1) is 14.5. The monoisotopic (exact) mass is 403 g/mol. The van der Waals surface area contributed by atoms with Crippen molar-refractivity contribution in [2.75, 3.05) is 7.11 Å². The van der Waals surface area contributed by atoms with Crippen molar-refractivity contribution in [1.29, 1.82) is 0 Å². The number of esters is 1. The summed E-state index contributed by atoms with van der Waals surface area (Å²) in [6.45, 7) is 1.23. The van der Waals surface area contributed by atoms with Crippen molar-refractivity contribution in [2.45, 2.75) is 13.5 Å². The van der Waals surface area contributed by atoms with Gasteiger partial charge in [0.05, 0.1) is 24.8 Å². The number of carbonyl (C=O) groups excluding carboxylic acids is 3. The number of para-hydroxylation sites is 2. The van der Waals surface area contributed by atoms with Gasteiger partial charge in [-0.3, -0.25) is 14.5 Å². The summed E-state index contributed by atoms with van der Waals surface area (Å²) in [6, 6.07) is 22.5. The Morgan fingerprint density at radius 3 is 2.07 bits per heavy atom. The van der Waals surface area contributed by atoms with Crippen molar-refractivity contribution in [2.24, 2.45) is 0 Å². The number of hydrogen-bond acceptors (Lipinski definition) is 5. The summed E-state index contributed by atoms with van der Waals surface area (Å²) in [5, 5.41) is 0. The highest BCUT2D eigenvalue weighted by atomic mass is 16.5. The Morgan fingerprint density at radius 1 is 0.800 bits per heavy atom. The molecule has 0 unspecified atom stereocenters. The highest BCUT2D eigenvalue weighted by molar-refractivity contribution is 6.06. The molecule has 0 heterocycles. The van der Waals surface area contributed by atoms with Crippen molar-refractivity contribution in [3.8, 4) is 11.5 Å². The smallest absolute Gasteiger partial charge is 0.338 e. The molecule has 0 aliphatic rings. The predicted molar refractivity (Wildman–Crippen MR) is 111 cm³/mol. The third-order valence-corrected chi connectivity index (χ3v) is 4.46. The highest BCUT2D eigenvalue weighted by Crippen LogP contribution is 2.27. The van der Waals surface area contributed by atoms with E-state index in [2.05, 4.69) is 0 Å². The number of rotatable bonds is 6. The normalized spacial score (nSPS) is 10.2. The molecule has 0 fully saturated rings. The molecule has 3 aromatic carbocycles. The molecule has 6 nitrogen and oxygen atoms in total. The van der Waals surface area contributed by atoms with Crippen LogP contribution in [0.3, 0.4) is 0 Å². The molecule has 0 aliphatic heterocycles. The third kappa shape index (κ3) is 4.72. The molecule has 0 saturated carbocycles. The first-order valence-electron chi connectivity index (χ1n) is 9.32. The standard InChI is InChI=1S/C24H21NO5/c1-17(26)25(16-18-10-6-7-13-20(18)24(28)29-2)23(27)21-14-8-9-15-22(21)30-19-11-4-3-5-12-19/h3-15H,16H2,1-2H3. The Balaban J connectivity index is 1.93. The summed E-state index contributed by atoms with van der Waals surface area (Å²) in [5.41, 5.74) is 1.05. The van der Waals surface area contributed by atoms with Crippen LogP contribution < -0.4 is 4.74 Å². The lowest BCUT2D eigenvalue weighted by Gasteiger charge is -2.22. The zero-order chi connectivity index (χ0) is 21.5. The lowest BCUT2D eigenvalue weighted by atomic mass is 10.1. The number of nitrogens with zero attached hydrogens (tertiary/aromatic N) is 1. The van der Waals surface area contributed by atoms with E-state index in [1.165, 1.54) is 14.0 Å². The van der Waals surface area contributed by atoms with Gasteiger partial charge >= 0.3 is 5.97 Å². The van der Waals surface area contributed by atoms with Gasteiger partial charge in [0.15, 0.2) is 0 Å². The molecule has 0 bridgehead atoms. The molecular weight excluding hydrogens is 382 g/mol. The topological polar surface area (TPSA) is 72.9 Å². The van der Waals surface area contributed by atoms with Crippen LogP contribution in [0.1, 0.15) is 33.2 Å².